The number of carbonyl (C=O) groups excluding carboxylic acids is 1. The standard InChI is InChI=1S/C28H29FN6O3S/c1-18-5-6-19(17-35(3)4)15-24(18)33-27(36)21-9-13-23(14-10-21)32-28-31-16-25(39(37,38)30-2)26(34-28)20-7-11-22(29)12-8-20/h5-16,30H,17H2,1-4H3,(H,33,36)(H,31,32,34). The maximum Gasteiger partial charge on any atom is 0.255 e. The number of halogens is 1. The molecule has 1 aromatic heterocycles. The molecule has 39 heavy (non-hydrogen) atoms. The van der Waals surface area contributed by atoms with Crippen LogP contribution < -0.4 is 15.4 Å². The van der Waals surface area contributed by atoms with Crippen LogP contribution in [0.1, 0.15) is 21.5 Å². The first-order valence-electron chi connectivity index (χ1n) is 12.0. The number of hydrogen-bond donors (Lipinski definition) is 3. The van der Waals surface area contributed by atoms with E-state index in [9.17, 15) is 17.6 Å². The van der Waals surface area contributed by atoms with Crippen molar-refractivity contribution in [2.24, 2.45) is 0 Å². The van der Waals surface area contributed by atoms with Gasteiger partial charge in [-0.05, 0) is 93.8 Å². The number of rotatable bonds is 9. The minimum atomic E-state index is -3.87. The van der Waals surface area contributed by atoms with Crippen LogP contribution in [0.4, 0.5) is 21.7 Å². The average Bonchev–Trinajstić information content (AvgIpc) is 2.91. The second kappa shape index (κ2) is 11.7. The molecule has 4 aromatic rings. The van der Waals surface area contributed by atoms with Crippen molar-refractivity contribution < 1.29 is 17.6 Å². The molecule has 0 atom stereocenters. The Balaban J connectivity index is 1.54. The van der Waals surface area contributed by atoms with E-state index < -0.39 is 15.8 Å². The molecule has 0 spiro atoms. The predicted octanol–water partition coefficient (Wildman–Crippen LogP) is 4.56. The quantitative estimate of drug-likeness (QED) is 0.281. The van der Waals surface area contributed by atoms with E-state index in [-0.39, 0.29) is 22.4 Å². The number of nitrogens with zero attached hydrogens (tertiary/aromatic N) is 3. The van der Waals surface area contributed by atoms with Crippen LogP contribution in [0.5, 0.6) is 0 Å². The van der Waals surface area contributed by atoms with Crippen molar-refractivity contribution in [1.82, 2.24) is 19.6 Å². The van der Waals surface area contributed by atoms with Gasteiger partial charge in [-0.25, -0.2) is 27.5 Å². The first-order chi connectivity index (χ1) is 18.6. The summed E-state index contributed by atoms with van der Waals surface area (Å²) in [6, 6.07) is 18.1. The fourth-order valence-corrected chi connectivity index (χ4v) is 4.68. The fraction of sp³-hybridized carbons (Fsp3) is 0.179. The molecular weight excluding hydrogens is 519 g/mol. The van der Waals surface area contributed by atoms with E-state index in [0.29, 0.717) is 16.8 Å². The van der Waals surface area contributed by atoms with Gasteiger partial charge in [-0.2, -0.15) is 0 Å². The number of anilines is 3. The van der Waals surface area contributed by atoms with Gasteiger partial charge in [0.05, 0.1) is 11.9 Å². The molecule has 9 nitrogen and oxygen atoms in total. The zero-order chi connectivity index (χ0) is 28.2. The Bertz CT molecular complexity index is 1590. The Hall–Kier alpha value is -4.19. The lowest BCUT2D eigenvalue weighted by Gasteiger charge is -2.14. The van der Waals surface area contributed by atoms with E-state index in [1.165, 1.54) is 37.5 Å². The molecule has 0 radical (unpaired) electrons. The SMILES string of the molecule is CNS(=O)(=O)c1cnc(Nc2ccc(C(=O)Nc3cc(CN(C)C)ccc3C)cc2)nc1-c1ccc(F)cc1. The van der Waals surface area contributed by atoms with Crippen molar-refractivity contribution in [2.45, 2.75) is 18.4 Å². The second-order valence-corrected chi connectivity index (χ2v) is 11.0. The van der Waals surface area contributed by atoms with Crippen LogP contribution in [-0.2, 0) is 16.6 Å². The number of sulfonamides is 1. The van der Waals surface area contributed by atoms with Crippen LogP contribution in [-0.4, -0.2) is 50.3 Å². The van der Waals surface area contributed by atoms with Gasteiger partial charge >= 0.3 is 0 Å². The molecule has 1 amide bonds. The molecule has 0 aliphatic rings. The van der Waals surface area contributed by atoms with E-state index in [0.717, 1.165) is 23.4 Å². The summed E-state index contributed by atoms with van der Waals surface area (Å²) in [5, 5.41) is 6.00. The highest BCUT2D eigenvalue weighted by molar-refractivity contribution is 7.89. The monoisotopic (exact) mass is 548 g/mol. The van der Waals surface area contributed by atoms with Crippen LogP contribution in [0.3, 0.4) is 0 Å². The van der Waals surface area contributed by atoms with Gasteiger partial charge in [0.15, 0.2) is 0 Å². The third-order valence-electron chi connectivity index (χ3n) is 5.88. The van der Waals surface area contributed by atoms with Crippen LogP contribution >= 0.6 is 0 Å². The van der Waals surface area contributed by atoms with E-state index in [4.69, 9.17) is 0 Å². The summed E-state index contributed by atoms with van der Waals surface area (Å²) >= 11 is 0. The highest BCUT2D eigenvalue weighted by atomic mass is 32.2. The summed E-state index contributed by atoms with van der Waals surface area (Å²) in [4.78, 5) is 23.3. The lowest BCUT2D eigenvalue weighted by molar-refractivity contribution is 0.102. The molecule has 3 aromatic carbocycles. The van der Waals surface area contributed by atoms with Crippen molar-refractivity contribution in [2.75, 3.05) is 31.8 Å². The highest BCUT2D eigenvalue weighted by Gasteiger charge is 2.21. The Kier molecular flexibility index (Phi) is 8.34. The van der Waals surface area contributed by atoms with Gasteiger partial charge in [-0.15, -0.1) is 0 Å². The number of hydrogen-bond acceptors (Lipinski definition) is 7. The van der Waals surface area contributed by atoms with E-state index in [1.807, 2.05) is 39.2 Å². The van der Waals surface area contributed by atoms with Crippen LogP contribution in [0, 0.1) is 12.7 Å². The molecule has 0 saturated carbocycles. The topological polar surface area (TPSA) is 116 Å². The summed E-state index contributed by atoms with van der Waals surface area (Å²) in [7, 11) is 1.39. The Morgan fingerprint density at radius 2 is 1.69 bits per heavy atom. The maximum atomic E-state index is 13.5. The normalized spacial score (nSPS) is 11.4. The number of amides is 1. The first-order valence-corrected chi connectivity index (χ1v) is 13.5. The molecule has 0 saturated heterocycles. The second-order valence-electron chi connectivity index (χ2n) is 9.16. The Labute approximate surface area is 227 Å². The summed E-state index contributed by atoms with van der Waals surface area (Å²) in [6.45, 7) is 2.70. The number of aryl methyl sites for hydroxylation is 1. The molecule has 11 heteroatoms. The molecule has 0 aliphatic heterocycles. The highest BCUT2D eigenvalue weighted by Crippen LogP contribution is 2.27. The smallest absolute Gasteiger partial charge is 0.255 e. The lowest BCUT2D eigenvalue weighted by Crippen LogP contribution is -2.20. The summed E-state index contributed by atoms with van der Waals surface area (Å²) < 4.78 is 40.8. The van der Waals surface area contributed by atoms with Crippen LogP contribution in [0.25, 0.3) is 11.3 Å². The Morgan fingerprint density at radius 3 is 2.33 bits per heavy atom. The molecule has 0 unspecified atom stereocenters. The van der Waals surface area contributed by atoms with Crippen molar-refractivity contribution in [3.05, 3.63) is 95.4 Å². The van der Waals surface area contributed by atoms with Gasteiger partial charge in [-0.3, -0.25) is 4.79 Å². The van der Waals surface area contributed by atoms with Gasteiger partial charge in [0.2, 0.25) is 16.0 Å². The van der Waals surface area contributed by atoms with E-state index in [1.54, 1.807) is 24.3 Å². The molecule has 1 heterocycles. The van der Waals surface area contributed by atoms with Crippen molar-refractivity contribution in [3.63, 3.8) is 0 Å². The van der Waals surface area contributed by atoms with Crippen molar-refractivity contribution >= 4 is 33.3 Å². The third kappa shape index (κ3) is 6.82. The van der Waals surface area contributed by atoms with Gasteiger partial charge in [-0.1, -0.05) is 12.1 Å². The number of aromatic nitrogens is 2. The third-order valence-corrected chi connectivity index (χ3v) is 7.30. The summed E-state index contributed by atoms with van der Waals surface area (Å²) in [5.41, 5.74) is 4.37. The van der Waals surface area contributed by atoms with Gasteiger partial charge in [0, 0.05) is 29.0 Å². The lowest BCUT2D eigenvalue weighted by atomic mass is 10.1. The van der Waals surface area contributed by atoms with E-state index in [2.05, 4.69) is 30.2 Å². The zero-order valence-corrected chi connectivity index (χ0v) is 22.8. The molecule has 3 N–H and O–H groups in total. The van der Waals surface area contributed by atoms with Gasteiger partial charge in [0.25, 0.3) is 5.91 Å². The van der Waals surface area contributed by atoms with Crippen LogP contribution in [0.2, 0.25) is 0 Å². The Morgan fingerprint density at radius 1 is 1.00 bits per heavy atom. The van der Waals surface area contributed by atoms with Gasteiger partial charge in [0.1, 0.15) is 10.7 Å². The maximum absolute atomic E-state index is 13.5. The average molecular weight is 549 g/mol. The summed E-state index contributed by atoms with van der Waals surface area (Å²) in [5.74, 6) is -0.567. The molecule has 202 valence electrons. The molecule has 0 fully saturated rings. The zero-order valence-electron chi connectivity index (χ0n) is 22.0. The fourth-order valence-electron chi connectivity index (χ4n) is 3.85. The largest absolute Gasteiger partial charge is 0.324 e. The molecular formula is C28H29FN6O3S. The van der Waals surface area contributed by atoms with E-state index >= 15 is 0 Å². The first kappa shape index (κ1) is 27.8. The van der Waals surface area contributed by atoms with Crippen molar-refractivity contribution in [1.29, 1.82) is 0 Å². The number of nitrogens with one attached hydrogen (secondary N) is 3. The summed E-state index contributed by atoms with van der Waals surface area (Å²) in [6.07, 6.45) is 1.19. The minimum absolute atomic E-state index is 0.115. The molecule has 4 rings (SSSR count). The number of carbonyl (C=O) groups is 1. The predicted molar refractivity (Wildman–Crippen MR) is 150 cm³/mol. The van der Waals surface area contributed by atoms with Gasteiger partial charge < -0.3 is 15.5 Å². The minimum Gasteiger partial charge on any atom is -0.324 e. The molecule has 0 bridgehead atoms. The van der Waals surface area contributed by atoms with Crippen LogP contribution in [0.15, 0.2) is 77.8 Å². The van der Waals surface area contributed by atoms with Crippen molar-refractivity contribution in [3.8, 4) is 11.3 Å². The number of benzene rings is 3. The molecule has 0 aliphatic carbocycles.